The maximum Gasteiger partial charge on any atom is 0.178 e. The van der Waals surface area contributed by atoms with Crippen LogP contribution in [0.15, 0.2) is 24.4 Å². The van der Waals surface area contributed by atoms with Gasteiger partial charge >= 0.3 is 0 Å². The summed E-state index contributed by atoms with van der Waals surface area (Å²) in [6.07, 6.45) is 1.90. The maximum absolute atomic E-state index is 5.46. The summed E-state index contributed by atoms with van der Waals surface area (Å²) < 4.78 is 8.09. The van der Waals surface area contributed by atoms with Gasteiger partial charge in [0.15, 0.2) is 4.77 Å². The Morgan fingerprint density at radius 1 is 1.45 bits per heavy atom. The molecule has 0 aliphatic rings. The standard InChI is InChI=1S/C14H15N3OS2/c1-8-7-15-13(20-8)9(2)17-12-6-10(18-3)4-5-11(12)16-14(17)19/h4-7,9H,1-3H3,(H,16,19). The van der Waals surface area contributed by atoms with Crippen molar-refractivity contribution in [1.29, 1.82) is 0 Å². The van der Waals surface area contributed by atoms with Gasteiger partial charge in [0.2, 0.25) is 0 Å². The van der Waals surface area contributed by atoms with E-state index in [0.717, 1.165) is 21.8 Å². The summed E-state index contributed by atoms with van der Waals surface area (Å²) in [5.41, 5.74) is 2.05. The molecule has 2 aromatic heterocycles. The molecule has 2 heterocycles. The van der Waals surface area contributed by atoms with Gasteiger partial charge in [0.25, 0.3) is 0 Å². The second-order valence-electron chi connectivity index (χ2n) is 4.67. The molecule has 3 rings (SSSR count). The van der Waals surface area contributed by atoms with E-state index in [-0.39, 0.29) is 6.04 Å². The SMILES string of the molecule is COc1ccc2[nH]c(=S)n(C(C)c3ncc(C)s3)c2c1. The molecule has 20 heavy (non-hydrogen) atoms. The van der Waals surface area contributed by atoms with Gasteiger partial charge in [0.05, 0.1) is 24.2 Å². The Labute approximate surface area is 126 Å². The molecule has 1 atom stereocenters. The first kappa shape index (κ1) is 13.3. The Morgan fingerprint density at radius 3 is 2.90 bits per heavy atom. The van der Waals surface area contributed by atoms with Gasteiger partial charge in [-0.05, 0) is 38.2 Å². The second-order valence-corrected chi connectivity index (χ2v) is 6.32. The number of nitrogens with one attached hydrogen (secondary N) is 1. The summed E-state index contributed by atoms with van der Waals surface area (Å²) >= 11 is 7.16. The Balaban J connectivity index is 2.19. The normalized spacial score (nSPS) is 12.8. The van der Waals surface area contributed by atoms with Crippen LogP contribution >= 0.6 is 23.6 Å². The molecule has 0 radical (unpaired) electrons. The van der Waals surface area contributed by atoms with E-state index < -0.39 is 0 Å². The van der Waals surface area contributed by atoms with Gasteiger partial charge in [-0.2, -0.15) is 0 Å². The van der Waals surface area contributed by atoms with Crippen molar-refractivity contribution in [3.63, 3.8) is 0 Å². The summed E-state index contributed by atoms with van der Waals surface area (Å²) in [6, 6.07) is 6.01. The molecule has 0 aliphatic heterocycles. The minimum atomic E-state index is 0.0991. The lowest BCUT2D eigenvalue weighted by molar-refractivity contribution is 0.415. The number of fused-ring (bicyclic) bond motifs is 1. The third-order valence-electron chi connectivity index (χ3n) is 3.31. The van der Waals surface area contributed by atoms with Crippen LogP contribution in [0.5, 0.6) is 5.75 Å². The van der Waals surface area contributed by atoms with E-state index in [4.69, 9.17) is 17.0 Å². The van der Waals surface area contributed by atoms with Crippen LogP contribution in [0.3, 0.4) is 0 Å². The number of aryl methyl sites for hydroxylation is 1. The fourth-order valence-corrected chi connectivity index (χ4v) is 3.47. The second kappa shape index (κ2) is 5.03. The zero-order valence-electron chi connectivity index (χ0n) is 11.5. The number of imidazole rings is 1. The lowest BCUT2D eigenvalue weighted by atomic mass is 10.2. The van der Waals surface area contributed by atoms with E-state index in [2.05, 4.69) is 28.4 Å². The molecule has 1 N–H and O–H groups in total. The molecule has 0 bridgehead atoms. The molecule has 104 valence electrons. The number of aromatic amines is 1. The third-order valence-corrected chi connectivity index (χ3v) is 4.69. The van der Waals surface area contributed by atoms with Crippen molar-refractivity contribution < 1.29 is 4.74 Å². The van der Waals surface area contributed by atoms with Crippen LogP contribution in [0.4, 0.5) is 0 Å². The van der Waals surface area contributed by atoms with Crippen LogP contribution in [0.25, 0.3) is 11.0 Å². The van der Waals surface area contributed by atoms with E-state index in [0.29, 0.717) is 4.77 Å². The quantitative estimate of drug-likeness (QED) is 0.741. The zero-order valence-corrected chi connectivity index (χ0v) is 13.1. The highest BCUT2D eigenvalue weighted by molar-refractivity contribution is 7.71. The first-order valence-corrected chi connectivity index (χ1v) is 7.53. The lowest BCUT2D eigenvalue weighted by Crippen LogP contribution is -2.06. The molecule has 1 aromatic carbocycles. The van der Waals surface area contributed by atoms with Gasteiger partial charge in [-0.25, -0.2) is 4.98 Å². The molecule has 0 fully saturated rings. The van der Waals surface area contributed by atoms with Gasteiger partial charge in [0.1, 0.15) is 10.8 Å². The monoisotopic (exact) mass is 305 g/mol. The van der Waals surface area contributed by atoms with Crippen molar-refractivity contribution in [1.82, 2.24) is 14.5 Å². The van der Waals surface area contributed by atoms with Crippen molar-refractivity contribution >= 4 is 34.6 Å². The van der Waals surface area contributed by atoms with Crippen molar-refractivity contribution in [3.8, 4) is 5.75 Å². The van der Waals surface area contributed by atoms with E-state index in [1.165, 1.54) is 4.88 Å². The molecular formula is C14H15N3OS2. The molecule has 1 unspecified atom stereocenters. The molecule has 3 aromatic rings. The van der Waals surface area contributed by atoms with Gasteiger partial charge < -0.3 is 14.3 Å². The highest BCUT2D eigenvalue weighted by atomic mass is 32.1. The van der Waals surface area contributed by atoms with Crippen LogP contribution in [0, 0.1) is 11.7 Å². The van der Waals surface area contributed by atoms with Crippen LogP contribution in [0.1, 0.15) is 22.9 Å². The Bertz CT molecular complexity index is 815. The Kier molecular flexibility index (Phi) is 3.35. The number of aromatic nitrogens is 3. The number of hydrogen-bond donors (Lipinski definition) is 1. The van der Waals surface area contributed by atoms with Crippen LogP contribution in [-0.4, -0.2) is 21.6 Å². The summed E-state index contributed by atoms with van der Waals surface area (Å²) in [6.45, 7) is 4.17. The van der Waals surface area contributed by atoms with E-state index in [1.54, 1.807) is 18.4 Å². The van der Waals surface area contributed by atoms with Gasteiger partial charge in [-0.3, -0.25) is 0 Å². The third kappa shape index (κ3) is 2.14. The van der Waals surface area contributed by atoms with Crippen LogP contribution < -0.4 is 4.74 Å². The largest absolute Gasteiger partial charge is 0.497 e. The number of rotatable bonds is 3. The Morgan fingerprint density at radius 2 is 2.25 bits per heavy atom. The van der Waals surface area contributed by atoms with Crippen LogP contribution in [0.2, 0.25) is 0 Å². The smallest absolute Gasteiger partial charge is 0.178 e. The summed E-state index contributed by atoms with van der Waals surface area (Å²) in [5, 5.41) is 1.06. The predicted molar refractivity (Wildman–Crippen MR) is 84.3 cm³/mol. The number of thiazole rings is 1. The van der Waals surface area contributed by atoms with Crippen molar-refractivity contribution in [3.05, 3.63) is 39.1 Å². The summed E-state index contributed by atoms with van der Waals surface area (Å²) in [7, 11) is 1.67. The van der Waals surface area contributed by atoms with E-state index in [1.807, 2.05) is 24.4 Å². The number of nitrogens with zero attached hydrogens (tertiary/aromatic N) is 2. The topological polar surface area (TPSA) is 42.8 Å². The minimum Gasteiger partial charge on any atom is -0.497 e. The lowest BCUT2D eigenvalue weighted by Gasteiger charge is -2.12. The number of methoxy groups -OCH3 is 1. The highest BCUT2D eigenvalue weighted by Gasteiger charge is 2.16. The Hall–Kier alpha value is -1.66. The van der Waals surface area contributed by atoms with Gasteiger partial charge in [-0.1, -0.05) is 0 Å². The summed E-state index contributed by atoms with van der Waals surface area (Å²) in [4.78, 5) is 8.91. The fraction of sp³-hybridized carbons (Fsp3) is 0.286. The first-order chi connectivity index (χ1) is 9.60. The number of H-pyrrole nitrogens is 1. The first-order valence-electron chi connectivity index (χ1n) is 6.30. The molecule has 0 amide bonds. The fourth-order valence-electron chi connectivity index (χ4n) is 2.29. The van der Waals surface area contributed by atoms with Crippen molar-refractivity contribution in [2.75, 3.05) is 7.11 Å². The molecule has 0 saturated carbocycles. The molecule has 6 heteroatoms. The van der Waals surface area contributed by atoms with Gasteiger partial charge in [0, 0.05) is 17.1 Å². The highest BCUT2D eigenvalue weighted by Crippen LogP contribution is 2.29. The van der Waals surface area contributed by atoms with Crippen molar-refractivity contribution in [2.24, 2.45) is 0 Å². The van der Waals surface area contributed by atoms with E-state index >= 15 is 0 Å². The van der Waals surface area contributed by atoms with Gasteiger partial charge in [-0.15, -0.1) is 11.3 Å². The van der Waals surface area contributed by atoms with Crippen molar-refractivity contribution in [2.45, 2.75) is 19.9 Å². The molecule has 4 nitrogen and oxygen atoms in total. The molecular weight excluding hydrogens is 290 g/mol. The molecule has 0 aliphatic carbocycles. The average Bonchev–Trinajstić information content (AvgIpc) is 3.00. The maximum atomic E-state index is 5.46. The zero-order chi connectivity index (χ0) is 14.3. The van der Waals surface area contributed by atoms with E-state index in [9.17, 15) is 0 Å². The number of benzene rings is 1. The average molecular weight is 305 g/mol. The molecule has 0 spiro atoms. The predicted octanol–water partition coefficient (Wildman–Crippen LogP) is 4.08. The molecule has 0 saturated heterocycles. The summed E-state index contributed by atoms with van der Waals surface area (Å²) in [5.74, 6) is 0.822. The number of hydrogen-bond acceptors (Lipinski definition) is 4. The minimum absolute atomic E-state index is 0.0991. The van der Waals surface area contributed by atoms with Crippen LogP contribution in [-0.2, 0) is 0 Å². The number of ether oxygens (including phenoxy) is 1.